The van der Waals surface area contributed by atoms with Gasteiger partial charge >= 0.3 is 0 Å². The van der Waals surface area contributed by atoms with E-state index >= 15 is 0 Å². The monoisotopic (exact) mass is 296 g/mol. The van der Waals surface area contributed by atoms with Crippen LogP contribution in [-0.4, -0.2) is 23.2 Å². The molecule has 3 aromatic rings. The summed E-state index contributed by atoms with van der Waals surface area (Å²) in [6.07, 6.45) is 5.25. The van der Waals surface area contributed by atoms with E-state index in [9.17, 15) is 0 Å². The molecule has 3 rings (SSSR count). The number of hydrogen-bond acceptors (Lipinski definition) is 3. The normalized spacial score (nSPS) is 11.4. The van der Waals surface area contributed by atoms with Gasteiger partial charge in [-0.2, -0.15) is 0 Å². The number of nitrogens with one attached hydrogen (secondary N) is 1. The van der Waals surface area contributed by atoms with Crippen LogP contribution in [0.15, 0.2) is 48.9 Å². The summed E-state index contributed by atoms with van der Waals surface area (Å²) in [7, 11) is 0. The Hall–Kier alpha value is -2.17. The average Bonchev–Trinajstić information content (AvgIpc) is 3.02. The Kier molecular flexibility index (Phi) is 4.51. The highest BCUT2D eigenvalue weighted by Crippen LogP contribution is 2.27. The number of nitrogens with zero attached hydrogens (tertiary/aromatic N) is 1. The maximum atomic E-state index is 5.65. The highest BCUT2D eigenvalue weighted by molar-refractivity contribution is 5.84. The molecular weight excluding hydrogens is 276 g/mol. The number of aromatic amines is 1. The van der Waals surface area contributed by atoms with Gasteiger partial charge in [0, 0.05) is 48.4 Å². The van der Waals surface area contributed by atoms with Crippen molar-refractivity contribution in [2.24, 2.45) is 0 Å². The molecule has 0 saturated carbocycles. The summed E-state index contributed by atoms with van der Waals surface area (Å²) in [4.78, 5) is 7.58. The molecule has 4 nitrogen and oxygen atoms in total. The van der Waals surface area contributed by atoms with E-state index < -0.39 is 0 Å². The number of hydrogen-bond donors (Lipinski definition) is 1. The van der Waals surface area contributed by atoms with Crippen LogP contribution in [0.5, 0.6) is 0 Å². The third-order valence-corrected chi connectivity index (χ3v) is 3.56. The first kappa shape index (κ1) is 14.8. The van der Waals surface area contributed by atoms with Gasteiger partial charge in [0.2, 0.25) is 0 Å². The molecule has 0 atom stereocenters. The lowest BCUT2D eigenvalue weighted by Crippen LogP contribution is -2.09. The van der Waals surface area contributed by atoms with Crippen LogP contribution in [0.25, 0.3) is 22.0 Å². The zero-order chi connectivity index (χ0) is 15.4. The number of H-pyrrole nitrogens is 1. The van der Waals surface area contributed by atoms with Crippen molar-refractivity contribution < 1.29 is 9.47 Å². The van der Waals surface area contributed by atoms with Crippen LogP contribution >= 0.6 is 0 Å². The van der Waals surface area contributed by atoms with Crippen molar-refractivity contribution in [1.29, 1.82) is 0 Å². The standard InChI is InChI=1S/C18H20N2O2/c1-3-21-18(22-4-2)16-9-15(11-19-12-16)14-6-5-13-7-8-20-17(13)10-14/h5-12,18,20H,3-4H2,1-2H3. The van der Waals surface area contributed by atoms with Gasteiger partial charge in [-0.1, -0.05) is 12.1 Å². The van der Waals surface area contributed by atoms with Crippen LogP contribution in [0.2, 0.25) is 0 Å². The second-order valence-corrected chi connectivity index (χ2v) is 5.03. The molecule has 0 bridgehead atoms. The second-order valence-electron chi connectivity index (χ2n) is 5.03. The van der Waals surface area contributed by atoms with Gasteiger partial charge in [0.15, 0.2) is 6.29 Å². The largest absolute Gasteiger partial charge is 0.361 e. The van der Waals surface area contributed by atoms with E-state index in [0.29, 0.717) is 13.2 Å². The van der Waals surface area contributed by atoms with Crippen LogP contribution in [0.4, 0.5) is 0 Å². The summed E-state index contributed by atoms with van der Waals surface area (Å²) in [6, 6.07) is 10.5. The van der Waals surface area contributed by atoms with E-state index in [1.54, 1.807) is 6.20 Å². The highest BCUT2D eigenvalue weighted by Gasteiger charge is 2.13. The Balaban J connectivity index is 1.95. The molecule has 1 N–H and O–H groups in total. The molecule has 0 aliphatic heterocycles. The summed E-state index contributed by atoms with van der Waals surface area (Å²) in [5, 5.41) is 1.20. The minimum atomic E-state index is -0.364. The van der Waals surface area contributed by atoms with E-state index in [0.717, 1.165) is 22.2 Å². The number of benzene rings is 1. The molecule has 0 aliphatic rings. The molecule has 0 spiro atoms. The SMILES string of the molecule is CCOC(OCC)c1cncc(-c2ccc3cc[nH]c3c2)c1. The quantitative estimate of drug-likeness (QED) is 0.690. The molecular formula is C18H20N2O2. The van der Waals surface area contributed by atoms with Crippen molar-refractivity contribution in [3.8, 4) is 11.1 Å². The minimum Gasteiger partial charge on any atom is -0.361 e. The molecule has 0 amide bonds. The predicted octanol–water partition coefficient (Wildman–Crippen LogP) is 4.30. The zero-order valence-electron chi connectivity index (χ0n) is 12.9. The molecule has 4 heteroatoms. The van der Waals surface area contributed by atoms with Crippen molar-refractivity contribution >= 4 is 10.9 Å². The van der Waals surface area contributed by atoms with Gasteiger partial charge in [-0.25, -0.2) is 0 Å². The number of rotatable bonds is 6. The molecule has 0 fully saturated rings. The summed E-state index contributed by atoms with van der Waals surface area (Å²) in [5.74, 6) is 0. The second kappa shape index (κ2) is 6.73. The maximum absolute atomic E-state index is 5.65. The predicted molar refractivity (Wildman–Crippen MR) is 87.5 cm³/mol. The van der Waals surface area contributed by atoms with Crippen molar-refractivity contribution in [1.82, 2.24) is 9.97 Å². The number of ether oxygens (including phenoxy) is 2. The fourth-order valence-electron chi connectivity index (χ4n) is 2.52. The Morgan fingerprint density at radius 1 is 1.00 bits per heavy atom. The van der Waals surface area contributed by atoms with Gasteiger partial charge in [-0.15, -0.1) is 0 Å². The molecule has 114 valence electrons. The fourth-order valence-corrected chi connectivity index (χ4v) is 2.52. The van der Waals surface area contributed by atoms with Gasteiger partial charge in [-0.05, 0) is 43.0 Å². The molecule has 1 aromatic carbocycles. The summed E-state index contributed by atoms with van der Waals surface area (Å²) >= 11 is 0. The van der Waals surface area contributed by atoms with Gasteiger partial charge in [0.1, 0.15) is 0 Å². The van der Waals surface area contributed by atoms with Crippen LogP contribution in [0.1, 0.15) is 25.7 Å². The molecule has 2 aromatic heterocycles. The van der Waals surface area contributed by atoms with Crippen LogP contribution in [-0.2, 0) is 9.47 Å². The van der Waals surface area contributed by atoms with Crippen LogP contribution in [0, 0.1) is 0 Å². The Labute approximate surface area is 130 Å². The summed E-state index contributed by atoms with van der Waals surface area (Å²) < 4.78 is 11.3. The van der Waals surface area contributed by atoms with Crippen LogP contribution < -0.4 is 0 Å². The maximum Gasteiger partial charge on any atom is 0.185 e. The topological polar surface area (TPSA) is 47.1 Å². The highest BCUT2D eigenvalue weighted by atomic mass is 16.7. The molecule has 0 unspecified atom stereocenters. The fraction of sp³-hybridized carbons (Fsp3) is 0.278. The molecule has 0 saturated heterocycles. The van der Waals surface area contributed by atoms with Crippen molar-refractivity contribution in [2.75, 3.05) is 13.2 Å². The molecule has 2 heterocycles. The van der Waals surface area contributed by atoms with Gasteiger partial charge < -0.3 is 14.5 Å². The van der Waals surface area contributed by atoms with E-state index in [2.05, 4.69) is 40.3 Å². The minimum absolute atomic E-state index is 0.364. The number of fused-ring (bicyclic) bond motifs is 1. The van der Waals surface area contributed by atoms with Crippen molar-refractivity contribution in [3.63, 3.8) is 0 Å². The lowest BCUT2D eigenvalue weighted by atomic mass is 10.0. The van der Waals surface area contributed by atoms with E-state index in [1.165, 1.54) is 5.39 Å². The smallest absolute Gasteiger partial charge is 0.185 e. The first-order valence-electron chi connectivity index (χ1n) is 7.57. The van der Waals surface area contributed by atoms with Crippen molar-refractivity contribution in [3.05, 3.63) is 54.5 Å². The summed E-state index contributed by atoms with van der Waals surface area (Å²) in [6.45, 7) is 5.12. The lowest BCUT2D eigenvalue weighted by Gasteiger charge is -2.17. The molecule has 0 radical (unpaired) electrons. The Morgan fingerprint density at radius 3 is 2.59 bits per heavy atom. The Morgan fingerprint density at radius 2 is 1.82 bits per heavy atom. The third-order valence-electron chi connectivity index (χ3n) is 3.56. The van der Waals surface area contributed by atoms with Crippen molar-refractivity contribution in [2.45, 2.75) is 20.1 Å². The lowest BCUT2D eigenvalue weighted by molar-refractivity contribution is -0.140. The van der Waals surface area contributed by atoms with Crippen LogP contribution in [0.3, 0.4) is 0 Å². The zero-order valence-corrected chi connectivity index (χ0v) is 12.9. The molecule has 22 heavy (non-hydrogen) atoms. The van der Waals surface area contributed by atoms with E-state index in [4.69, 9.17) is 9.47 Å². The number of pyridine rings is 1. The number of aromatic nitrogens is 2. The summed E-state index contributed by atoms with van der Waals surface area (Å²) in [5.41, 5.74) is 4.23. The van der Waals surface area contributed by atoms with E-state index in [-0.39, 0.29) is 6.29 Å². The third kappa shape index (κ3) is 3.03. The van der Waals surface area contributed by atoms with Gasteiger partial charge in [-0.3, -0.25) is 4.98 Å². The first-order valence-corrected chi connectivity index (χ1v) is 7.57. The Bertz CT molecular complexity index is 745. The van der Waals surface area contributed by atoms with E-state index in [1.807, 2.05) is 26.2 Å². The average molecular weight is 296 g/mol. The first-order chi connectivity index (χ1) is 10.8. The van der Waals surface area contributed by atoms with Gasteiger partial charge in [0.05, 0.1) is 0 Å². The van der Waals surface area contributed by atoms with Gasteiger partial charge in [0.25, 0.3) is 0 Å². The molecule has 0 aliphatic carbocycles.